The number of carbonyl (C=O) groups excluding carboxylic acids is 1. The number of Topliss-reactive ketones (excluding diaryl/α,β-unsaturated/α-hetero) is 1. The summed E-state index contributed by atoms with van der Waals surface area (Å²) in [6.07, 6.45) is 1.60. The molecule has 0 fully saturated rings. The second-order valence-corrected chi connectivity index (χ2v) is 7.04. The van der Waals surface area contributed by atoms with Gasteiger partial charge in [-0.3, -0.25) is 9.36 Å². The summed E-state index contributed by atoms with van der Waals surface area (Å²) in [4.78, 5) is 12.6. The van der Waals surface area contributed by atoms with Crippen LogP contribution in [0.15, 0.2) is 47.9 Å². The Labute approximate surface area is 166 Å². The van der Waals surface area contributed by atoms with Crippen LogP contribution in [0, 0.1) is 6.92 Å². The van der Waals surface area contributed by atoms with Crippen LogP contribution in [0.5, 0.6) is 11.5 Å². The van der Waals surface area contributed by atoms with E-state index >= 15 is 0 Å². The van der Waals surface area contributed by atoms with Gasteiger partial charge < -0.3 is 9.47 Å². The molecule has 3 aromatic rings. The summed E-state index contributed by atoms with van der Waals surface area (Å²) >= 11 is 7.51. The van der Waals surface area contributed by atoms with E-state index in [1.165, 1.54) is 18.9 Å². The minimum atomic E-state index is -0.0732. The van der Waals surface area contributed by atoms with Crippen molar-refractivity contribution < 1.29 is 14.3 Å². The lowest BCUT2D eigenvalue weighted by Crippen LogP contribution is -2.06. The van der Waals surface area contributed by atoms with Gasteiger partial charge in [-0.25, -0.2) is 0 Å². The number of nitrogens with zero attached hydrogens (tertiary/aromatic N) is 3. The molecule has 0 atom stereocenters. The fourth-order valence-electron chi connectivity index (χ4n) is 2.47. The highest BCUT2D eigenvalue weighted by atomic mass is 35.5. The zero-order valence-electron chi connectivity index (χ0n) is 15.1. The second-order valence-electron chi connectivity index (χ2n) is 5.70. The summed E-state index contributed by atoms with van der Waals surface area (Å²) in [5, 5.41) is 9.33. The normalized spacial score (nSPS) is 10.7. The largest absolute Gasteiger partial charge is 0.497 e. The lowest BCUT2D eigenvalue weighted by Gasteiger charge is -2.10. The molecule has 0 aliphatic rings. The monoisotopic (exact) mass is 403 g/mol. The molecule has 6 nitrogen and oxygen atoms in total. The summed E-state index contributed by atoms with van der Waals surface area (Å²) in [6.45, 7) is 1.94. The lowest BCUT2D eigenvalue weighted by atomic mass is 10.1. The molecule has 140 valence electrons. The molecule has 27 heavy (non-hydrogen) atoms. The van der Waals surface area contributed by atoms with Crippen molar-refractivity contribution in [2.75, 3.05) is 20.0 Å². The average Bonchev–Trinajstić information content (AvgIpc) is 3.16. The lowest BCUT2D eigenvalue weighted by molar-refractivity contribution is 0.101. The fraction of sp³-hybridized carbons (Fsp3) is 0.211. The summed E-state index contributed by atoms with van der Waals surface area (Å²) in [7, 11) is 3.09. The molecule has 1 heterocycles. The van der Waals surface area contributed by atoms with Crippen molar-refractivity contribution in [1.82, 2.24) is 14.8 Å². The van der Waals surface area contributed by atoms with Gasteiger partial charge in [-0.1, -0.05) is 29.4 Å². The van der Waals surface area contributed by atoms with Gasteiger partial charge in [0.1, 0.15) is 17.8 Å². The van der Waals surface area contributed by atoms with Crippen LogP contribution in [-0.4, -0.2) is 40.5 Å². The molecule has 0 bridgehead atoms. The third-order valence-corrected chi connectivity index (χ3v) is 5.34. The summed E-state index contributed by atoms with van der Waals surface area (Å²) in [6, 6.07) is 10.8. The molecular formula is C19H18ClN3O3S. The number of methoxy groups -OCH3 is 2. The maximum atomic E-state index is 12.6. The van der Waals surface area contributed by atoms with Gasteiger partial charge in [0.25, 0.3) is 0 Å². The highest BCUT2D eigenvalue weighted by Crippen LogP contribution is 2.28. The molecule has 0 spiro atoms. The Hall–Kier alpha value is -2.51. The van der Waals surface area contributed by atoms with E-state index < -0.39 is 0 Å². The van der Waals surface area contributed by atoms with Gasteiger partial charge in [0.05, 0.1) is 31.2 Å². The van der Waals surface area contributed by atoms with Crippen LogP contribution in [0.1, 0.15) is 15.9 Å². The number of benzene rings is 2. The summed E-state index contributed by atoms with van der Waals surface area (Å²) < 4.78 is 12.3. The Kier molecular flexibility index (Phi) is 6.03. The molecule has 8 heteroatoms. The maximum absolute atomic E-state index is 12.6. The minimum Gasteiger partial charge on any atom is -0.497 e. The molecule has 0 aliphatic heterocycles. The first-order valence-corrected chi connectivity index (χ1v) is 9.44. The van der Waals surface area contributed by atoms with Crippen LogP contribution in [0.2, 0.25) is 5.02 Å². The van der Waals surface area contributed by atoms with E-state index in [0.29, 0.717) is 27.2 Å². The standard InChI is InChI=1S/C19H18ClN3O3S/c1-12-4-5-13(8-16(12)20)23-11-21-22-19(23)27-10-17(24)15-7-6-14(25-2)9-18(15)26-3/h4-9,11H,10H2,1-3H3. The highest BCUT2D eigenvalue weighted by Gasteiger charge is 2.16. The SMILES string of the molecule is COc1ccc(C(=O)CSc2nncn2-c2ccc(C)c(Cl)c2)c(OC)c1. The van der Waals surface area contributed by atoms with Crippen molar-refractivity contribution >= 4 is 29.1 Å². The number of halogens is 1. The molecule has 0 N–H and O–H groups in total. The van der Waals surface area contributed by atoms with Crippen LogP contribution >= 0.6 is 23.4 Å². The van der Waals surface area contributed by atoms with Gasteiger partial charge in [0.2, 0.25) is 0 Å². The Balaban J connectivity index is 1.77. The topological polar surface area (TPSA) is 66.2 Å². The Morgan fingerprint density at radius 2 is 2.00 bits per heavy atom. The number of hydrogen-bond acceptors (Lipinski definition) is 6. The number of carbonyl (C=O) groups is 1. The first kappa shape index (κ1) is 19.3. The number of aromatic nitrogens is 3. The number of thioether (sulfide) groups is 1. The van der Waals surface area contributed by atoms with Crippen molar-refractivity contribution in [1.29, 1.82) is 0 Å². The van der Waals surface area contributed by atoms with Crippen molar-refractivity contribution in [2.24, 2.45) is 0 Å². The van der Waals surface area contributed by atoms with Gasteiger partial charge >= 0.3 is 0 Å². The van der Waals surface area contributed by atoms with Crippen molar-refractivity contribution in [3.8, 4) is 17.2 Å². The first-order chi connectivity index (χ1) is 13.0. The van der Waals surface area contributed by atoms with E-state index in [4.69, 9.17) is 21.1 Å². The molecule has 0 aliphatic carbocycles. The number of ketones is 1. The van der Waals surface area contributed by atoms with E-state index in [1.54, 1.807) is 36.2 Å². The van der Waals surface area contributed by atoms with Gasteiger partial charge in [-0.2, -0.15) is 0 Å². The quantitative estimate of drug-likeness (QED) is 0.434. The van der Waals surface area contributed by atoms with Crippen LogP contribution < -0.4 is 9.47 Å². The van der Waals surface area contributed by atoms with Gasteiger partial charge in [0, 0.05) is 11.1 Å². The molecule has 0 saturated carbocycles. The molecule has 1 aromatic heterocycles. The van der Waals surface area contributed by atoms with Crippen molar-refractivity contribution in [3.63, 3.8) is 0 Å². The molecule has 0 amide bonds. The average molecular weight is 404 g/mol. The molecule has 2 aromatic carbocycles. The predicted octanol–water partition coefficient (Wildman–Crippen LogP) is 4.22. The van der Waals surface area contributed by atoms with Gasteiger partial charge in [-0.15, -0.1) is 10.2 Å². The molecule has 0 radical (unpaired) electrons. The third kappa shape index (κ3) is 4.26. The van der Waals surface area contributed by atoms with Gasteiger partial charge in [-0.05, 0) is 36.8 Å². The molecule has 0 unspecified atom stereocenters. The zero-order chi connectivity index (χ0) is 19.4. The number of aryl methyl sites for hydroxylation is 1. The third-order valence-electron chi connectivity index (χ3n) is 3.99. The smallest absolute Gasteiger partial charge is 0.196 e. The summed E-state index contributed by atoms with van der Waals surface area (Å²) in [5.74, 6) is 1.23. The van der Waals surface area contributed by atoms with E-state index in [0.717, 1.165) is 11.3 Å². The maximum Gasteiger partial charge on any atom is 0.196 e. The Morgan fingerprint density at radius 3 is 2.70 bits per heavy atom. The Morgan fingerprint density at radius 1 is 1.19 bits per heavy atom. The Bertz CT molecular complexity index is 975. The van der Waals surface area contributed by atoms with E-state index in [2.05, 4.69) is 10.2 Å². The molecule has 0 saturated heterocycles. The van der Waals surface area contributed by atoms with Crippen LogP contribution in [0.4, 0.5) is 0 Å². The van der Waals surface area contributed by atoms with Crippen molar-refractivity contribution in [3.05, 3.63) is 58.9 Å². The van der Waals surface area contributed by atoms with Gasteiger partial charge in [0.15, 0.2) is 10.9 Å². The van der Waals surface area contributed by atoms with Crippen molar-refractivity contribution in [2.45, 2.75) is 12.1 Å². The zero-order valence-corrected chi connectivity index (χ0v) is 16.7. The number of hydrogen-bond donors (Lipinski definition) is 0. The molecule has 3 rings (SSSR count). The van der Waals surface area contributed by atoms with E-state index in [9.17, 15) is 4.79 Å². The number of rotatable bonds is 7. The predicted molar refractivity (Wildman–Crippen MR) is 106 cm³/mol. The summed E-state index contributed by atoms with van der Waals surface area (Å²) in [5.41, 5.74) is 2.33. The van der Waals surface area contributed by atoms with Crippen LogP contribution in [0.25, 0.3) is 5.69 Å². The fourth-order valence-corrected chi connectivity index (χ4v) is 3.46. The minimum absolute atomic E-state index is 0.0732. The second kappa shape index (κ2) is 8.45. The highest BCUT2D eigenvalue weighted by molar-refractivity contribution is 7.99. The van der Waals surface area contributed by atoms with E-state index in [1.807, 2.05) is 25.1 Å². The van der Waals surface area contributed by atoms with Crippen LogP contribution in [0.3, 0.4) is 0 Å². The first-order valence-electron chi connectivity index (χ1n) is 8.08. The van der Waals surface area contributed by atoms with E-state index in [-0.39, 0.29) is 11.5 Å². The number of ether oxygens (including phenoxy) is 2. The van der Waals surface area contributed by atoms with Crippen LogP contribution in [-0.2, 0) is 0 Å². The molecular weight excluding hydrogens is 386 g/mol.